The Hall–Kier alpha value is -0.810. The zero-order chi connectivity index (χ0) is 14.5. The third-order valence-electron chi connectivity index (χ3n) is 2.94. The summed E-state index contributed by atoms with van der Waals surface area (Å²) in [7, 11) is 1.65. The first-order chi connectivity index (χ1) is 9.65. The summed E-state index contributed by atoms with van der Waals surface area (Å²) in [6.45, 7) is 3.37. The molecule has 0 aliphatic heterocycles. The molecule has 5 heteroatoms. The van der Waals surface area contributed by atoms with Gasteiger partial charge in [-0.15, -0.1) is 0 Å². The number of furan rings is 1. The van der Waals surface area contributed by atoms with E-state index in [-0.39, 0.29) is 6.04 Å². The maximum Gasteiger partial charge on any atom is 0.129 e. The topological polar surface area (TPSA) is 34.4 Å². The zero-order valence-electron chi connectivity index (χ0n) is 11.5. The molecule has 0 aliphatic carbocycles. The van der Waals surface area contributed by atoms with Crippen LogP contribution in [0.3, 0.4) is 0 Å². The summed E-state index contributed by atoms with van der Waals surface area (Å²) >= 11 is 9.58. The second kappa shape index (κ2) is 7.27. The smallest absolute Gasteiger partial charge is 0.129 e. The van der Waals surface area contributed by atoms with Gasteiger partial charge in [-0.2, -0.15) is 0 Å². The average molecular weight is 359 g/mol. The van der Waals surface area contributed by atoms with Crippen LogP contribution in [0.4, 0.5) is 0 Å². The Bertz CT molecular complexity index is 571. The van der Waals surface area contributed by atoms with Gasteiger partial charge < -0.3 is 14.5 Å². The minimum absolute atomic E-state index is 0.0174. The van der Waals surface area contributed by atoms with Crippen LogP contribution in [0, 0.1) is 0 Å². The van der Waals surface area contributed by atoms with Crippen LogP contribution in [-0.2, 0) is 11.3 Å². The van der Waals surface area contributed by atoms with E-state index in [2.05, 4.69) is 28.2 Å². The molecule has 1 atom stereocenters. The molecule has 2 rings (SSSR count). The van der Waals surface area contributed by atoms with Crippen molar-refractivity contribution >= 4 is 27.5 Å². The quantitative estimate of drug-likeness (QED) is 0.823. The van der Waals surface area contributed by atoms with Gasteiger partial charge in [-0.3, -0.25) is 0 Å². The Morgan fingerprint density at radius 1 is 1.35 bits per heavy atom. The number of hydrogen-bond acceptors (Lipinski definition) is 3. The Labute approximate surface area is 132 Å². The Kier molecular flexibility index (Phi) is 5.66. The largest absolute Gasteiger partial charge is 0.462 e. The van der Waals surface area contributed by atoms with Gasteiger partial charge in [0.1, 0.15) is 18.1 Å². The van der Waals surface area contributed by atoms with Crippen LogP contribution < -0.4 is 5.32 Å². The molecule has 1 heterocycles. The highest BCUT2D eigenvalue weighted by Crippen LogP contribution is 2.30. The summed E-state index contributed by atoms with van der Waals surface area (Å²) < 4.78 is 11.8. The van der Waals surface area contributed by atoms with Crippen molar-refractivity contribution < 1.29 is 9.15 Å². The molecule has 1 unspecified atom stereocenters. The van der Waals surface area contributed by atoms with Crippen LogP contribution in [-0.4, -0.2) is 13.7 Å². The van der Waals surface area contributed by atoms with Gasteiger partial charge in [0.25, 0.3) is 0 Å². The molecule has 0 bridgehead atoms. The number of benzene rings is 1. The fourth-order valence-corrected chi connectivity index (χ4v) is 2.48. The van der Waals surface area contributed by atoms with Crippen molar-refractivity contribution in [2.45, 2.75) is 19.6 Å². The second-order valence-electron chi connectivity index (χ2n) is 4.40. The first kappa shape index (κ1) is 15.6. The van der Waals surface area contributed by atoms with E-state index in [9.17, 15) is 0 Å². The fraction of sp³-hybridized carbons (Fsp3) is 0.333. The SMILES string of the molecule is CCNC(c1ccc(Br)c(Cl)c1)c1ccc(COC)o1. The second-order valence-corrected chi connectivity index (χ2v) is 5.66. The number of hydrogen-bond donors (Lipinski definition) is 1. The van der Waals surface area contributed by atoms with E-state index in [0.717, 1.165) is 28.1 Å². The Morgan fingerprint density at radius 2 is 2.15 bits per heavy atom. The van der Waals surface area contributed by atoms with Gasteiger partial charge in [0.2, 0.25) is 0 Å². The van der Waals surface area contributed by atoms with Gasteiger partial charge >= 0.3 is 0 Å². The van der Waals surface area contributed by atoms with Gasteiger partial charge in [-0.25, -0.2) is 0 Å². The molecule has 2 aromatic rings. The number of ether oxygens (including phenoxy) is 1. The van der Waals surface area contributed by atoms with Crippen LogP contribution in [0.2, 0.25) is 5.02 Å². The van der Waals surface area contributed by atoms with E-state index in [4.69, 9.17) is 20.8 Å². The summed E-state index contributed by atoms with van der Waals surface area (Å²) in [4.78, 5) is 0. The third kappa shape index (κ3) is 3.64. The summed E-state index contributed by atoms with van der Waals surface area (Å²) in [5.74, 6) is 1.67. The molecule has 3 nitrogen and oxygen atoms in total. The highest BCUT2D eigenvalue weighted by atomic mass is 79.9. The van der Waals surface area contributed by atoms with E-state index in [1.54, 1.807) is 7.11 Å². The first-order valence-corrected chi connectivity index (χ1v) is 7.58. The molecule has 108 valence electrons. The van der Waals surface area contributed by atoms with Gasteiger partial charge in [0.15, 0.2) is 0 Å². The molecular formula is C15H17BrClNO2. The minimum Gasteiger partial charge on any atom is -0.462 e. The van der Waals surface area contributed by atoms with E-state index in [0.29, 0.717) is 11.6 Å². The van der Waals surface area contributed by atoms with E-state index in [1.807, 2.05) is 30.3 Å². The summed E-state index contributed by atoms with van der Waals surface area (Å²) in [6, 6.07) is 9.80. The van der Waals surface area contributed by atoms with Gasteiger partial charge in [0, 0.05) is 11.6 Å². The van der Waals surface area contributed by atoms with Crippen LogP contribution in [0.25, 0.3) is 0 Å². The maximum atomic E-state index is 6.18. The van der Waals surface area contributed by atoms with Crippen LogP contribution in [0.5, 0.6) is 0 Å². The van der Waals surface area contributed by atoms with Crippen LogP contribution >= 0.6 is 27.5 Å². The molecule has 0 saturated carbocycles. The van der Waals surface area contributed by atoms with Gasteiger partial charge in [-0.05, 0) is 52.3 Å². The predicted molar refractivity (Wildman–Crippen MR) is 84.1 cm³/mol. The van der Waals surface area contributed by atoms with Crippen LogP contribution in [0.15, 0.2) is 39.2 Å². The van der Waals surface area contributed by atoms with Crippen molar-refractivity contribution in [2.75, 3.05) is 13.7 Å². The summed E-state index contributed by atoms with van der Waals surface area (Å²) in [5, 5.41) is 4.10. The lowest BCUT2D eigenvalue weighted by Crippen LogP contribution is -2.21. The van der Waals surface area contributed by atoms with E-state index >= 15 is 0 Å². The number of methoxy groups -OCH3 is 1. The van der Waals surface area contributed by atoms with Gasteiger partial charge in [0.05, 0.1) is 11.1 Å². The molecule has 0 aliphatic rings. The normalized spacial score (nSPS) is 12.6. The summed E-state index contributed by atoms with van der Waals surface area (Å²) in [6.07, 6.45) is 0. The number of rotatable bonds is 6. The summed E-state index contributed by atoms with van der Waals surface area (Å²) in [5.41, 5.74) is 1.07. The predicted octanol–water partition coefficient (Wildman–Crippen LogP) is 4.54. The van der Waals surface area contributed by atoms with Crippen molar-refractivity contribution in [3.05, 3.63) is 56.9 Å². The lowest BCUT2D eigenvalue weighted by molar-refractivity contribution is 0.162. The monoisotopic (exact) mass is 357 g/mol. The van der Waals surface area contributed by atoms with E-state index < -0.39 is 0 Å². The standard InChI is InChI=1S/C15H17BrClNO2/c1-3-18-15(10-4-6-12(16)13(17)8-10)14-7-5-11(20-14)9-19-2/h4-8,15,18H,3,9H2,1-2H3. The number of nitrogens with one attached hydrogen (secondary N) is 1. The lowest BCUT2D eigenvalue weighted by Gasteiger charge is -2.16. The van der Waals surface area contributed by atoms with Gasteiger partial charge in [-0.1, -0.05) is 24.6 Å². The minimum atomic E-state index is -0.0174. The Morgan fingerprint density at radius 3 is 2.80 bits per heavy atom. The molecule has 0 fully saturated rings. The third-order valence-corrected chi connectivity index (χ3v) is 4.17. The highest BCUT2D eigenvalue weighted by molar-refractivity contribution is 9.10. The van der Waals surface area contributed by atoms with E-state index in [1.165, 1.54) is 0 Å². The van der Waals surface area contributed by atoms with Crippen molar-refractivity contribution in [1.82, 2.24) is 5.32 Å². The van der Waals surface area contributed by atoms with Crippen LogP contribution in [0.1, 0.15) is 30.0 Å². The Balaban J connectivity index is 2.31. The molecule has 1 aromatic carbocycles. The molecule has 0 amide bonds. The molecule has 0 radical (unpaired) electrons. The molecular weight excluding hydrogens is 342 g/mol. The molecule has 1 aromatic heterocycles. The molecule has 0 saturated heterocycles. The first-order valence-electron chi connectivity index (χ1n) is 6.41. The average Bonchev–Trinajstić information content (AvgIpc) is 2.88. The van der Waals surface area contributed by atoms with Crippen molar-refractivity contribution in [2.24, 2.45) is 0 Å². The van der Waals surface area contributed by atoms with Crippen molar-refractivity contribution in [1.29, 1.82) is 0 Å². The molecule has 1 N–H and O–H groups in total. The fourth-order valence-electron chi connectivity index (χ4n) is 2.05. The van der Waals surface area contributed by atoms with Crippen molar-refractivity contribution in [3.8, 4) is 0 Å². The molecule has 0 spiro atoms. The highest BCUT2D eigenvalue weighted by Gasteiger charge is 2.18. The maximum absolute atomic E-state index is 6.18. The molecule has 20 heavy (non-hydrogen) atoms. The van der Waals surface area contributed by atoms with Crippen molar-refractivity contribution in [3.63, 3.8) is 0 Å². The lowest BCUT2D eigenvalue weighted by atomic mass is 10.0. The zero-order valence-corrected chi connectivity index (χ0v) is 13.8. The number of halogens is 2.